The van der Waals surface area contributed by atoms with Gasteiger partial charge in [0, 0.05) is 45.6 Å². The standard InChI is InChI=1S/C25H35N5O2.HI/c1-26-25(28-18-22(23-10-7-15-32-23)29-12-5-6-13-29)27-17-21-16-24(31)30(19-21)14-11-20-8-3-2-4-9-20;/h2-4,7-10,15,21-22H,5-6,11-14,16-19H2,1H3,(H2,26,27,28);1H. The van der Waals surface area contributed by atoms with Crippen molar-refractivity contribution in [1.82, 2.24) is 20.4 Å². The van der Waals surface area contributed by atoms with Gasteiger partial charge in [0.05, 0.1) is 12.3 Å². The van der Waals surface area contributed by atoms with Crippen molar-refractivity contribution < 1.29 is 9.21 Å². The summed E-state index contributed by atoms with van der Waals surface area (Å²) in [5, 5.41) is 6.89. The zero-order valence-electron chi connectivity index (χ0n) is 19.4. The number of benzene rings is 1. The van der Waals surface area contributed by atoms with E-state index in [2.05, 4.69) is 38.7 Å². The molecule has 0 aliphatic carbocycles. The number of likely N-dealkylation sites (tertiary alicyclic amines) is 2. The van der Waals surface area contributed by atoms with E-state index in [9.17, 15) is 4.79 Å². The Balaban J connectivity index is 0.00000306. The van der Waals surface area contributed by atoms with Crippen molar-refractivity contribution in [2.45, 2.75) is 31.7 Å². The van der Waals surface area contributed by atoms with Crippen LogP contribution in [0, 0.1) is 5.92 Å². The minimum absolute atomic E-state index is 0. The highest BCUT2D eigenvalue weighted by Crippen LogP contribution is 2.25. The van der Waals surface area contributed by atoms with Crippen molar-refractivity contribution in [3.63, 3.8) is 0 Å². The summed E-state index contributed by atoms with van der Waals surface area (Å²) < 4.78 is 5.71. The number of carbonyl (C=O) groups excluding carboxylic acids is 1. The molecular formula is C25H36IN5O2. The van der Waals surface area contributed by atoms with E-state index in [1.165, 1.54) is 18.4 Å². The van der Waals surface area contributed by atoms with E-state index < -0.39 is 0 Å². The van der Waals surface area contributed by atoms with Crippen molar-refractivity contribution in [3.8, 4) is 0 Å². The van der Waals surface area contributed by atoms with Crippen LogP contribution in [0.3, 0.4) is 0 Å². The van der Waals surface area contributed by atoms with Crippen molar-refractivity contribution in [2.24, 2.45) is 10.9 Å². The van der Waals surface area contributed by atoms with Gasteiger partial charge in [0.2, 0.25) is 5.91 Å². The second kappa shape index (κ2) is 13.0. The summed E-state index contributed by atoms with van der Waals surface area (Å²) in [6.07, 6.45) is 5.72. The third-order valence-electron chi connectivity index (χ3n) is 6.51. The van der Waals surface area contributed by atoms with Crippen LogP contribution in [0.5, 0.6) is 0 Å². The van der Waals surface area contributed by atoms with Gasteiger partial charge in [-0.2, -0.15) is 0 Å². The summed E-state index contributed by atoms with van der Waals surface area (Å²) in [7, 11) is 1.79. The van der Waals surface area contributed by atoms with Gasteiger partial charge in [-0.05, 0) is 50.0 Å². The first kappa shape index (κ1) is 25.6. The molecule has 3 heterocycles. The molecule has 1 aromatic heterocycles. The van der Waals surface area contributed by atoms with Crippen LogP contribution in [-0.2, 0) is 11.2 Å². The lowest BCUT2D eigenvalue weighted by Gasteiger charge is -2.27. The lowest BCUT2D eigenvalue weighted by atomic mass is 10.1. The maximum absolute atomic E-state index is 12.4. The van der Waals surface area contributed by atoms with Gasteiger partial charge in [0.1, 0.15) is 5.76 Å². The Hall–Kier alpha value is -2.07. The molecule has 8 heteroatoms. The van der Waals surface area contributed by atoms with Gasteiger partial charge in [0.25, 0.3) is 0 Å². The SMILES string of the molecule is CN=C(NCC1CC(=O)N(CCc2ccccc2)C1)NCC(c1ccco1)N1CCCC1.I. The number of aliphatic imine (C=N–C) groups is 1. The van der Waals surface area contributed by atoms with E-state index in [0.29, 0.717) is 12.3 Å². The Morgan fingerprint density at radius 3 is 2.64 bits per heavy atom. The number of halogens is 1. The maximum Gasteiger partial charge on any atom is 0.223 e. The lowest BCUT2D eigenvalue weighted by molar-refractivity contribution is -0.127. The van der Waals surface area contributed by atoms with E-state index in [-0.39, 0.29) is 35.9 Å². The Labute approximate surface area is 214 Å². The average Bonchev–Trinajstić information content (AvgIpc) is 3.59. The van der Waals surface area contributed by atoms with Crippen molar-refractivity contribution in [1.29, 1.82) is 0 Å². The molecule has 7 nitrogen and oxygen atoms in total. The maximum atomic E-state index is 12.4. The number of hydrogen-bond donors (Lipinski definition) is 2. The molecule has 2 aliphatic rings. The van der Waals surface area contributed by atoms with Crippen molar-refractivity contribution in [3.05, 3.63) is 60.1 Å². The first-order chi connectivity index (χ1) is 15.7. The second-order valence-corrected chi connectivity index (χ2v) is 8.75. The van der Waals surface area contributed by atoms with Crippen molar-refractivity contribution in [2.75, 3.05) is 46.3 Å². The van der Waals surface area contributed by atoms with Gasteiger partial charge in [-0.3, -0.25) is 14.7 Å². The fourth-order valence-corrected chi connectivity index (χ4v) is 4.71. The van der Waals surface area contributed by atoms with Crippen LogP contribution >= 0.6 is 24.0 Å². The summed E-state index contributed by atoms with van der Waals surface area (Å²) in [4.78, 5) is 21.3. The van der Waals surface area contributed by atoms with Crippen LogP contribution in [0.4, 0.5) is 0 Å². The molecule has 2 atom stereocenters. The minimum Gasteiger partial charge on any atom is -0.468 e. The van der Waals surface area contributed by atoms with Crippen LogP contribution in [0.15, 0.2) is 58.1 Å². The molecule has 2 aromatic rings. The third kappa shape index (κ3) is 7.20. The monoisotopic (exact) mass is 565 g/mol. The quantitative estimate of drug-likeness (QED) is 0.278. The van der Waals surface area contributed by atoms with Crippen LogP contribution in [0.2, 0.25) is 0 Å². The molecule has 2 fully saturated rings. The predicted molar refractivity (Wildman–Crippen MR) is 142 cm³/mol. The molecule has 2 unspecified atom stereocenters. The summed E-state index contributed by atoms with van der Waals surface area (Å²) in [6, 6.07) is 14.6. The molecule has 2 aliphatic heterocycles. The van der Waals surface area contributed by atoms with Crippen LogP contribution in [0.1, 0.15) is 36.6 Å². The first-order valence-electron chi connectivity index (χ1n) is 11.8. The van der Waals surface area contributed by atoms with E-state index in [1.54, 1.807) is 13.3 Å². The second-order valence-electron chi connectivity index (χ2n) is 8.75. The zero-order valence-corrected chi connectivity index (χ0v) is 21.7. The molecule has 1 aromatic carbocycles. The number of nitrogens with one attached hydrogen (secondary N) is 2. The van der Waals surface area contributed by atoms with Gasteiger partial charge >= 0.3 is 0 Å². The number of rotatable bonds is 9. The topological polar surface area (TPSA) is 73.1 Å². The van der Waals surface area contributed by atoms with Gasteiger partial charge in [-0.25, -0.2) is 0 Å². The van der Waals surface area contributed by atoms with Gasteiger partial charge in [0.15, 0.2) is 5.96 Å². The average molecular weight is 566 g/mol. The number of guanidine groups is 1. The molecule has 0 saturated carbocycles. The Morgan fingerprint density at radius 2 is 1.94 bits per heavy atom. The van der Waals surface area contributed by atoms with Crippen molar-refractivity contribution >= 4 is 35.8 Å². The van der Waals surface area contributed by atoms with Gasteiger partial charge in [-0.1, -0.05) is 30.3 Å². The summed E-state index contributed by atoms with van der Waals surface area (Å²) in [5.41, 5.74) is 1.27. The number of amides is 1. The predicted octanol–water partition coefficient (Wildman–Crippen LogP) is 3.29. The van der Waals surface area contributed by atoms with E-state index >= 15 is 0 Å². The van der Waals surface area contributed by atoms with E-state index in [0.717, 1.165) is 57.4 Å². The molecule has 0 radical (unpaired) electrons. The molecule has 4 rings (SSSR count). The highest BCUT2D eigenvalue weighted by atomic mass is 127. The highest BCUT2D eigenvalue weighted by molar-refractivity contribution is 14.0. The molecular weight excluding hydrogens is 529 g/mol. The minimum atomic E-state index is 0. The smallest absolute Gasteiger partial charge is 0.223 e. The third-order valence-corrected chi connectivity index (χ3v) is 6.51. The Kier molecular flexibility index (Phi) is 10.1. The van der Waals surface area contributed by atoms with E-state index in [4.69, 9.17) is 4.42 Å². The summed E-state index contributed by atoms with van der Waals surface area (Å²) in [5.74, 6) is 2.32. The molecule has 0 spiro atoms. The van der Waals surface area contributed by atoms with Gasteiger partial charge < -0.3 is 20.0 Å². The lowest BCUT2D eigenvalue weighted by Crippen LogP contribution is -2.44. The molecule has 33 heavy (non-hydrogen) atoms. The fraction of sp³-hybridized carbons (Fsp3) is 0.520. The first-order valence-corrected chi connectivity index (χ1v) is 11.8. The molecule has 2 N–H and O–H groups in total. The summed E-state index contributed by atoms with van der Waals surface area (Å²) in [6.45, 7) is 5.26. The highest BCUT2D eigenvalue weighted by Gasteiger charge is 2.29. The normalized spacial score (nSPS) is 20.0. The molecule has 0 bridgehead atoms. The number of carbonyl (C=O) groups is 1. The Bertz CT molecular complexity index is 868. The molecule has 2 saturated heterocycles. The number of furan rings is 1. The van der Waals surface area contributed by atoms with Crippen LogP contribution < -0.4 is 10.6 Å². The van der Waals surface area contributed by atoms with Crippen LogP contribution in [0.25, 0.3) is 0 Å². The molecule has 1 amide bonds. The largest absolute Gasteiger partial charge is 0.468 e. The fourth-order valence-electron chi connectivity index (χ4n) is 4.71. The zero-order chi connectivity index (χ0) is 22.2. The molecule has 180 valence electrons. The summed E-state index contributed by atoms with van der Waals surface area (Å²) >= 11 is 0. The van der Waals surface area contributed by atoms with Gasteiger partial charge in [-0.15, -0.1) is 24.0 Å². The Morgan fingerprint density at radius 1 is 1.15 bits per heavy atom. The number of hydrogen-bond acceptors (Lipinski definition) is 4. The number of nitrogens with zero attached hydrogens (tertiary/aromatic N) is 3. The van der Waals surface area contributed by atoms with E-state index in [1.807, 2.05) is 29.2 Å². The van der Waals surface area contributed by atoms with Crippen LogP contribution in [-0.4, -0.2) is 68.0 Å².